The predicted molar refractivity (Wildman–Crippen MR) is 190 cm³/mol. The van der Waals surface area contributed by atoms with Crippen LogP contribution in [0.25, 0.3) is 0 Å². The van der Waals surface area contributed by atoms with Crippen LogP contribution in [0.2, 0.25) is 15.1 Å². The molecule has 6 rings (SSSR count). The molecule has 2 N–H and O–H groups in total. The van der Waals surface area contributed by atoms with E-state index >= 15 is 0 Å². The molecule has 0 bridgehead atoms. The third-order valence-electron chi connectivity index (χ3n) is 7.45. The Kier molecular flexibility index (Phi) is 9.96. The summed E-state index contributed by atoms with van der Waals surface area (Å²) in [5, 5.41) is 13.6. The van der Waals surface area contributed by atoms with Gasteiger partial charge in [-0.25, -0.2) is 4.68 Å². The zero-order valence-corrected chi connectivity index (χ0v) is 29.3. The second kappa shape index (κ2) is 14.1. The summed E-state index contributed by atoms with van der Waals surface area (Å²) in [6.07, 6.45) is 0. The summed E-state index contributed by atoms with van der Waals surface area (Å²) in [4.78, 5) is 18.9. The minimum Gasteiger partial charge on any atom is -0.488 e. The van der Waals surface area contributed by atoms with Crippen LogP contribution in [-0.4, -0.2) is 20.7 Å². The van der Waals surface area contributed by atoms with Crippen LogP contribution in [0.4, 0.5) is 11.6 Å². The number of fused-ring (bicyclic) bond motifs is 1. The molecule has 1 aliphatic heterocycles. The molecule has 0 fully saturated rings. The second-order valence-electron chi connectivity index (χ2n) is 10.6. The van der Waals surface area contributed by atoms with Crippen LogP contribution in [-0.2, 0) is 17.2 Å². The molecule has 1 unspecified atom stereocenters. The number of anilines is 2. The van der Waals surface area contributed by atoms with Crippen molar-refractivity contribution < 1.29 is 9.53 Å². The lowest BCUT2D eigenvalue weighted by molar-refractivity contribution is -0.113. The summed E-state index contributed by atoms with van der Waals surface area (Å²) >= 11 is 24.1. The van der Waals surface area contributed by atoms with Gasteiger partial charge < -0.3 is 15.4 Å². The Morgan fingerprint density at radius 1 is 0.978 bits per heavy atom. The second-order valence-corrected chi connectivity index (χ2v) is 13.7. The van der Waals surface area contributed by atoms with E-state index in [-0.39, 0.29) is 12.5 Å². The highest BCUT2D eigenvalue weighted by Crippen LogP contribution is 2.42. The minimum atomic E-state index is -0.685. The number of aryl methyl sites for hydroxylation is 1. The first kappa shape index (κ1) is 32.5. The van der Waals surface area contributed by atoms with Gasteiger partial charge in [0.25, 0.3) is 5.91 Å². The van der Waals surface area contributed by atoms with Crippen molar-refractivity contribution in [3.05, 3.63) is 138 Å². The quantitative estimate of drug-likeness (QED) is 0.146. The van der Waals surface area contributed by atoms with Crippen molar-refractivity contribution in [1.82, 2.24) is 14.8 Å². The summed E-state index contributed by atoms with van der Waals surface area (Å²) < 4.78 is 8.93. The Balaban J connectivity index is 1.41. The Labute approximate surface area is 294 Å². The number of rotatable bonds is 9. The maximum absolute atomic E-state index is 14.2. The molecular formula is C34H27BrCl3N5O2S. The molecule has 1 atom stereocenters. The van der Waals surface area contributed by atoms with Gasteiger partial charge >= 0.3 is 0 Å². The Hall–Kier alpha value is -3.47. The van der Waals surface area contributed by atoms with Crippen LogP contribution in [0.1, 0.15) is 35.2 Å². The number of nitrogens with zero attached hydrogens (tertiary/aromatic N) is 3. The Morgan fingerprint density at radius 3 is 2.54 bits per heavy atom. The number of benzene rings is 4. The van der Waals surface area contributed by atoms with E-state index < -0.39 is 6.04 Å². The first-order chi connectivity index (χ1) is 22.2. The molecule has 5 aromatic rings. The number of carbonyl (C=O) groups is 1. The third-order valence-corrected chi connectivity index (χ3v) is 9.79. The molecule has 2 heterocycles. The van der Waals surface area contributed by atoms with E-state index in [4.69, 9.17) is 49.6 Å². The smallest absolute Gasteiger partial charge is 0.255 e. The lowest BCUT2D eigenvalue weighted by atomic mass is 9.94. The fourth-order valence-corrected chi connectivity index (χ4v) is 7.05. The highest BCUT2D eigenvalue weighted by atomic mass is 79.9. The number of hydrogen-bond donors (Lipinski definition) is 2. The number of nitrogens with one attached hydrogen (secondary N) is 2. The van der Waals surface area contributed by atoms with Crippen LogP contribution in [0.3, 0.4) is 0 Å². The summed E-state index contributed by atoms with van der Waals surface area (Å²) in [5.74, 6) is 1.36. The summed E-state index contributed by atoms with van der Waals surface area (Å²) in [7, 11) is 0. The average molecular weight is 756 g/mol. The lowest BCUT2D eigenvalue weighted by Gasteiger charge is -2.30. The van der Waals surface area contributed by atoms with Gasteiger partial charge in [0.2, 0.25) is 11.1 Å². The molecule has 0 radical (unpaired) electrons. The van der Waals surface area contributed by atoms with Crippen molar-refractivity contribution in [2.75, 3.05) is 10.6 Å². The van der Waals surface area contributed by atoms with Gasteiger partial charge in [0.05, 0.1) is 5.57 Å². The molecule has 0 saturated heterocycles. The fraction of sp³-hybridized carbons (Fsp3) is 0.147. The van der Waals surface area contributed by atoms with Crippen molar-refractivity contribution >= 4 is 80.0 Å². The normalized spacial score (nSPS) is 14.1. The first-order valence-electron chi connectivity index (χ1n) is 14.2. The van der Waals surface area contributed by atoms with E-state index in [2.05, 4.69) is 26.6 Å². The van der Waals surface area contributed by atoms with Crippen molar-refractivity contribution in [1.29, 1.82) is 0 Å². The minimum absolute atomic E-state index is 0.187. The number of thioether (sulfide) groups is 1. The zero-order valence-electron chi connectivity index (χ0n) is 24.7. The molecule has 46 heavy (non-hydrogen) atoms. The van der Waals surface area contributed by atoms with E-state index in [1.807, 2.05) is 86.6 Å². The molecule has 7 nitrogen and oxygen atoms in total. The molecule has 12 heteroatoms. The van der Waals surface area contributed by atoms with Crippen molar-refractivity contribution in [3.63, 3.8) is 0 Å². The van der Waals surface area contributed by atoms with Gasteiger partial charge in [0.15, 0.2) is 0 Å². The summed E-state index contributed by atoms with van der Waals surface area (Å²) in [5.41, 5.74) is 5.23. The first-order valence-corrected chi connectivity index (χ1v) is 17.1. The van der Waals surface area contributed by atoms with Crippen LogP contribution in [0, 0.1) is 6.92 Å². The maximum Gasteiger partial charge on any atom is 0.255 e. The monoisotopic (exact) mass is 753 g/mol. The number of allylic oxidation sites excluding steroid dienone is 1. The molecule has 1 aliphatic rings. The number of ether oxygens (including phenoxy) is 1. The van der Waals surface area contributed by atoms with Gasteiger partial charge in [-0.2, -0.15) is 4.98 Å². The van der Waals surface area contributed by atoms with E-state index in [1.54, 1.807) is 16.8 Å². The van der Waals surface area contributed by atoms with E-state index in [0.717, 1.165) is 26.9 Å². The van der Waals surface area contributed by atoms with E-state index in [9.17, 15) is 4.79 Å². The SMILES string of the molecule is CC1=C(C(=O)Nc2ccccc2C)C(c2cc(Br)ccc2OCc2ccc(Cl)cc2Cl)n2nc(SCc3ccccc3Cl)nc2N1. The standard InChI is InChI=1S/C34H27BrCl3N5O2S/c1-19-7-3-6-10-28(19)40-32(44)30-20(2)39-33-41-34(46-18-22-8-4-5-9-26(22)37)42-43(33)31(30)25-15-23(35)12-14-29(25)45-17-21-11-13-24(36)16-27(21)38/h3-16,31H,17-18H2,1-2H3,(H,40,44)(H,39,41,42). The molecule has 0 aliphatic carbocycles. The molecule has 4 aromatic carbocycles. The third kappa shape index (κ3) is 7.09. The highest BCUT2D eigenvalue weighted by Gasteiger charge is 2.36. The molecule has 234 valence electrons. The molecule has 1 aromatic heterocycles. The number of amides is 1. The predicted octanol–water partition coefficient (Wildman–Crippen LogP) is 10.1. The summed E-state index contributed by atoms with van der Waals surface area (Å²) in [6.45, 7) is 4.00. The van der Waals surface area contributed by atoms with Crippen LogP contribution in [0.5, 0.6) is 5.75 Å². The molecule has 1 amide bonds. The fourth-order valence-electron chi connectivity index (χ4n) is 5.09. The average Bonchev–Trinajstić information content (AvgIpc) is 3.43. The van der Waals surface area contributed by atoms with Crippen LogP contribution >= 0.6 is 62.5 Å². The van der Waals surface area contributed by atoms with Gasteiger partial charge in [0.1, 0.15) is 18.4 Å². The van der Waals surface area contributed by atoms with Crippen LogP contribution < -0.4 is 15.4 Å². The number of hydrogen-bond acceptors (Lipinski definition) is 6. The number of halogens is 4. The maximum atomic E-state index is 14.2. The van der Waals surface area contributed by atoms with E-state index in [0.29, 0.717) is 54.5 Å². The van der Waals surface area contributed by atoms with Gasteiger partial charge in [-0.05, 0) is 67.4 Å². The van der Waals surface area contributed by atoms with Crippen molar-refractivity contribution in [3.8, 4) is 5.75 Å². The van der Waals surface area contributed by atoms with E-state index in [1.165, 1.54) is 11.8 Å². The molecule has 0 spiro atoms. The van der Waals surface area contributed by atoms with Crippen molar-refractivity contribution in [2.24, 2.45) is 0 Å². The largest absolute Gasteiger partial charge is 0.488 e. The van der Waals surface area contributed by atoms with Gasteiger partial charge in [-0.1, -0.05) is 105 Å². The number of para-hydroxylation sites is 1. The molecule has 0 saturated carbocycles. The zero-order chi connectivity index (χ0) is 32.4. The Morgan fingerprint density at radius 2 is 1.76 bits per heavy atom. The Bertz CT molecular complexity index is 1980. The van der Waals surface area contributed by atoms with Gasteiger partial charge in [0, 0.05) is 47.8 Å². The molecular weight excluding hydrogens is 729 g/mol. The van der Waals surface area contributed by atoms with Crippen molar-refractivity contribution in [2.45, 2.75) is 37.4 Å². The topological polar surface area (TPSA) is 81.1 Å². The van der Waals surface area contributed by atoms with Gasteiger partial charge in [-0.15, -0.1) is 5.10 Å². The van der Waals surface area contributed by atoms with Gasteiger partial charge in [-0.3, -0.25) is 4.79 Å². The highest BCUT2D eigenvalue weighted by molar-refractivity contribution is 9.10. The summed E-state index contributed by atoms with van der Waals surface area (Å²) in [6, 6.07) is 25.6. The number of carbonyl (C=O) groups excluding carboxylic acids is 1. The van der Waals surface area contributed by atoms with Crippen LogP contribution in [0.15, 0.2) is 106 Å². The lowest BCUT2D eigenvalue weighted by Crippen LogP contribution is -2.32. The number of aromatic nitrogens is 3.